The van der Waals surface area contributed by atoms with E-state index in [0.29, 0.717) is 25.6 Å². The number of nitrogens with two attached hydrogens (primary N) is 1. The summed E-state index contributed by atoms with van der Waals surface area (Å²) >= 11 is 0. The number of hydrogen-bond acceptors (Lipinski definition) is 3. The Morgan fingerprint density at radius 1 is 1.80 bits per heavy atom. The first-order chi connectivity index (χ1) is 4.70. The number of carboxylic acids is 1. The Labute approximate surface area is 59.0 Å². The van der Waals surface area contributed by atoms with E-state index in [9.17, 15) is 4.79 Å². The van der Waals surface area contributed by atoms with E-state index in [4.69, 9.17) is 15.6 Å². The van der Waals surface area contributed by atoms with Crippen LogP contribution in [0.15, 0.2) is 0 Å². The first-order valence-electron chi connectivity index (χ1n) is 3.26. The summed E-state index contributed by atoms with van der Waals surface area (Å²) in [5.41, 5.74) is 5.27. The van der Waals surface area contributed by atoms with Crippen LogP contribution >= 0.6 is 0 Å². The third-order valence-corrected chi connectivity index (χ3v) is 1.61. The second kappa shape index (κ2) is 2.98. The minimum Gasteiger partial charge on any atom is -0.480 e. The summed E-state index contributed by atoms with van der Waals surface area (Å²) in [6.07, 6.45) is 0.537. The molecule has 0 saturated carbocycles. The van der Waals surface area contributed by atoms with Crippen molar-refractivity contribution in [2.75, 3.05) is 13.2 Å². The van der Waals surface area contributed by atoms with Gasteiger partial charge in [0.15, 0.2) is 0 Å². The van der Waals surface area contributed by atoms with E-state index in [1.165, 1.54) is 0 Å². The molecule has 1 saturated heterocycles. The van der Waals surface area contributed by atoms with Crippen molar-refractivity contribution in [3.05, 3.63) is 0 Å². The highest BCUT2D eigenvalue weighted by molar-refractivity contribution is 5.73. The number of carboxylic acid groups (broad SMARTS) is 1. The van der Waals surface area contributed by atoms with Gasteiger partial charge in [0.2, 0.25) is 0 Å². The first-order valence-corrected chi connectivity index (χ1v) is 3.26. The van der Waals surface area contributed by atoms with Crippen LogP contribution in [0.1, 0.15) is 6.42 Å². The molecule has 4 nitrogen and oxygen atoms in total. The predicted octanol–water partition coefficient (Wildman–Crippen LogP) is -0.565. The van der Waals surface area contributed by atoms with Gasteiger partial charge in [0, 0.05) is 5.92 Å². The van der Waals surface area contributed by atoms with Gasteiger partial charge in [-0.05, 0) is 6.42 Å². The number of carbonyl (C=O) groups is 1. The summed E-state index contributed by atoms with van der Waals surface area (Å²) in [7, 11) is 0. The Hall–Kier alpha value is -0.610. The van der Waals surface area contributed by atoms with Gasteiger partial charge in [0.25, 0.3) is 0 Å². The van der Waals surface area contributed by atoms with Gasteiger partial charge in [-0.3, -0.25) is 4.79 Å². The average molecular weight is 145 g/mol. The molecule has 0 aliphatic carbocycles. The molecular weight excluding hydrogens is 134 g/mol. The molecule has 0 aromatic heterocycles. The van der Waals surface area contributed by atoms with Crippen LogP contribution in [0.3, 0.4) is 0 Å². The molecular formula is C6H11NO3. The molecule has 1 heterocycles. The molecule has 10 heavy (non-hydrogen) atoms. The molecule has 0 unspecified atom stereocenters. The lowest BCUT2D eigenvalue weighted by Gasteiger charge is -2.26. The van der Waals surface area contributed by atoms with Crippen molar-refractivity contribution in [3.8, 4) is 0 Å². The van der Waals surface area contributed by atoms with Crippen LogP contribution in [0, 0.1) is 5.92 Å². The fraction of sp³-hybridized carbons (Fsp3) is 0.833. The fourth-order valence-electron chi connectivity index (χ4n) is 0.881. The number of ether oxygens (including phenoxy) is 1. The van der Waals surface area contributed by atoms with Gasteiger partial charge in [-0.2, -0.15) is 0 Å². The lowest BCUT2D eigenvalue weighted by molar-refractivity contribution is -0.140. The second-order valence-corrected chi connectivity index (χ2v) is 2.58. The second-order valence-electron chi connectivity index (χ2n) is 2.58. The van der Waals surface area contributed by atoms with E-state index in [-0.39, 0.29) is 0 Å². The fourth-order valence-corrected chi connectivity index (χ4v) is 0.881. The number of rotatable bonds is 3. The molecule has 1 atom stereocenters. The summed E-state index contributed by atoms with van der Waals surface area (Å²) in [6, 6.07) is -0.714. The summed E-state index contributed by atoms with van der Waals surface area (Å²) in [5.74, 6) is -0.557. The molecule has 0 bridgehead atoms. The highest BCUT2D eigenvalue weighted by Gasteiger charge is 2.24. The minimum absolute atomic E-state index is 0.367. The molecule has 0 spiro atoms. The molecule has 1 rings (SSSR count). The Morgan fingerprint density at radius 2 is 2.40 bits per heavy atom. The van der Waals surface area contributed by atoms with Crippen LogP contribution in [0.5, 0.6) is 0 Å². The van der Waals surface area contributed by atoms with Gasteiger partial charge in [0.05, 0.1) is 13.2 Å². The van der Waals surface area contributed by atoms with Crippen LogP contribution in [-0.2, 0) is 9.53 Å². The Morgan fingerprint density at radius 3 is 2.70 bits per heavy atom. The molecule has 0 aromatic carbocycles. The van der Waals surface area contributed by atoms with Crippen LogP contribution in [-0.4, -0.2) is 30.3 Å². The van der Waals surface area contributed by atoms with E-state index in [0.717, 1.165) is 0 Å². The normalized spacial score (nSPS) is 21.7. The lowest BCUT2D eigenvalue weighted by atomic mass is 9.99. The van der Waals surface area contributed by atoms with Crippen LogP contribution in [0.25, 0.3) is 0 Å². The van der Waals surface area contributed by atoms with E-state index in [2.05, 4.69) is 0 Å². The van der Waals surface area contributed by atoms with Gasteiger partial charge < -0.3 is 15.6 Å². The zero-order valence-corrected chi connectivity index (χ0v) is 5.62. The molecule has 1 aliphatic rings. The molecule has 0 amide bonds. The van der Waals surface area contributed by atoms with Gasteiger partial charge in [0.1, 0.15) is 6.04 Å². The molecule has 1 aliphatic heterocycles. The largest absolute Gasteiger partial charge is 0.480 e. The van der Waals surface area contributed by atoms with Crippen molar-refractivity contribution in [2.45, 2.75) is 12.5 Å². The third kappa shape index (κ3) is 1.68. The van der Waals surface area contributed by atoms with Crippen molar-refractivity contribution in [3.63, 3.8) is 0 Å². The maximum Gasteiger partial charge on any atom is 0.320 e. The van der Waals surface area contributed by atoms with Crippen molar-refractivity contribution in [1.29, 1.82) is 0 Å². The first kappa shape index (κ1) is 7.50. The topological polar surface area (TPSA) is 72.5 Å². The monoisotopic (exact) mass is 145 g/mol. The van der Waals surface area contributed by atoms with E-state index >= 15 is 0 Å². The van der Waals surface area contributed by atoms with Crippen LogP contribution < -0.4 is 5.73 Å². The Kier molecular flexibility index (Phi) is 2.24. The number of hydrogen-bond donors (Lipinski definition) is 2. The molecule has 1 fully saturated rings. The number of aliphatic carboxylic acids is 1. The van der Waals surface area contributed by atoms with Gasteiger partial charge in [-0.15, -0.1) is 0 Å². The van der Waals surface area contributed by atoms with Gasteiger partial charge in [-0.1, -0.05) is 0 Å². The van der Waals surface area contributed by atoms with Crippen LogP contribution in [0.2, 0.25) is 0 Å². The zero-order valence-electron chi connectivity index (χ0n) is 5.62. The smallest absolute Gasteiger partial charge is 0.320 e. The predicted molar refractivity (Wildman–Crippen MR) is 34.5 cm³/mol. The molecule has 3 N–H and O–H groups in total. The zero-order chi connectivity index (χ0) is 7.56. The molecule has 4 heteroatoms. The molecule has 58 valence electrons. The summed E-state index contributed by atoms with van der Waals surface area (Å²) < 4.78 is 4.87. The maximum absolute atomic E-state index is 10.2. The van der Waals surface area contributed by atoms with Crippen molar-refractivity contribution in [1.82, 2.24) is 0 Å². The maximum atomic E-state index is 10.2. The van der Waals surface area contributed by atoms with E-state index < -0.39 is 12.0 Å². The Bertz CT molecular complexity index is 133. The third-order valence-electron chi connectivity index (χ3n) is 1.61. The standard InChI is InChI=1S/C6H11NO3/c7-5(6(8)9)1-4-2-10-3-4/h4-5H,1-3,7H2,(H,8,9)/t5-/m1/s1. The summed E-state index contributed by atoms with van der Waals surface area (Å²) in [6.45, 7) is 1.34. The molecule has 0 radical (unpaired) electrons. The highest BCUT2D eigenvalue weighted by Crippen LogP contribution is 2.15. The minimum atomic E-state index is -0.924. The highest BCUT2D eigenvalue weighted by atomic mass is 16.5. The Balaban J connectivity index is 2.16. The van der Waals surface area contributed by atoms with E-state index in [1.54, 1.807) is 0 Å². The van der Waals surface area contributed by atoms with Crippen LogP contribution in [0.4, 0.5) is 0 Å². The van der Waals surface area contributed by atoms with Crippen molar-refractivity contribution in [2.24, 2.45) is 11.7 Å². The average Bonchev–Trinajstić information content (AvgIpc) is 1.77. The summed E-state index contributed by atoms with van der Waals surface area (Å²) in [5, 5.41) is 8.38. The SMILES string of the molecule is N[C@H](CC1COC1)C(=O)O. The van der Waals surface area contributed by atoms with Gasteiger partial charge in [-0.25, -0.2) is 0 Å². The van der Waals surface area contributed by atoms with E-state index in [1.807, 2.05) is 0 Å². The quantitative estimate of drug-likeness (QED) is 0.558. The summed E-state index contributed by atoms with van der Waals surface area (Å²) in [4.78, 5) is 10.2. The van der Waals surface area contributed by atoms with Crippen molar-refractivity contribution < 1.29 is 14.6 Å². The van der Waals surface area contributed by atoms with Gasteiger partial charge >= 0.3 is 5.97 Å². The van der Waals surface area contributed by atoms with Crippen molar-refractivity contribution >= 4 is 5.97 Å². The molecule has 0 aromatic rings. The lowest BCUT2D eigenvalue weighted by Crippen LogP contribution is -2.38.